The number of methoxy groups -OCH3 is 1. The topological polar surface area (TPSA) is 83.7 Å². The van der Waals surface area contributed by atoms with Crippen molar-refractivity contribution in [3.05, 3.63) is 35.4 Å². The summed E-state index contributed by atoms with van der Waals surface area (Å²) in [7, 11) is 2.80. The summed E-state index contributed by atoms with van der Waals surface area (Å²) in [5.41, 5.74) is 1.24. The maximum Gasteiger partial charge on any atom is 0.254 e. The van der Waals surface area contributed by atoms with Gasteiger partial charge in [-0.3, -0.25) is 4.79 Å². The highest BCUT2D eigenvalue weighted by Gasteiger charge is 2.11. The first-order chi connectivity index (χ1) is 8.71. The van der Waals surface area contributed by atoms with E-state index in [2.05, 4.69) is 15.3 Å². The lowest BCUT2D eigenvalue weighted by Crippen LogP contribution is -2.34. The molecule has 0 radical (unpaired) electrons. The summed E-state index contributed by atoms with van der Waals surface area (Å²) in [4.78, 5) is 16.2. The normalized spacial score (nSPS) is 11.8. The van der Waals surface area contributed by atoms with Gasteiger partial charge in [0.1, 0.15) is 13.2 Å². The van der Waals surface area contributed by atoms with Gasteiger partial charge >= 0.3 is 0 Å². The van der Waals surface area contributed by atoms with Crippen LogP contribution in [0.2, 0.25) is 0 Å². The van der Waals surface area contributed by atoms with Gasteiger partial charge in [-0.05, 0) is 17.7 Å². The van der Waals surface area contributed by atoms with E-state index in [4.69, 9.17) is 10.00 Å². The predicted molar refractivity (Wildman–Crippen MR) is 64.9 cm³/mol. The third-order valence-electron chi connectivity index (χ3n) is 2.10. The van der Waals surface area contributed by atoms with E-state index in [0.717, 1.165) is 5.56 Å². The standard InChI is InChI=1S/C12H13N3O3/c1-17-11(7-13)15-12(16)10-5-3-9(4-6-10)8-14-18-2/h3-6,8,11H,1-2H3,(H,15,16). The molecule has 6 nitrogen and oxygen atoms in total. The number of carbonyl (C=O) groups excluding carboxylic acids is 1. The van der Waals surface area contributed by atoms with E-state index in [-0.39, 0.29) is 5.91 Å². The summed E-state index contributed by atoms with van der Waals surface area (Å²) in [5, 5.41) is 14.7. The van der Waals surface area contributed by atoms with E-state index in [1.165, 1.54) is 20.4 Å². The molecular weight excluding hydrogens is 234 g/mol. The molecule has 1 amide bonds. The molecule has 18 heavy (non-hydrogen) atoms. The molecule has 1 unspecified atom stereocenters. The summed E-state index contributed by atoms with van der Waals surface area (Å²) in [6.45, 7) is 0. The molecule has 0 heterocycles. The molecule has 1 aromatic rings. The highest BCUT2D eigenvalue weighted by Crippen LogP contribution is 2.03. The fourth-order valence-corrected chi connectivity index (χ4v) is 1.18. The van der Waals surface area contributed by atoms with Crippen LogP contribution in [0, 0.1) is 11.3 Å². The Kier molecular flexibility index (Phi) is 5.35. The quantitative estimate of drug-likeness (QED) is 0.476. The Morgan fingerprint density at radius 1 is 1.44 bits per heavy atom. The third-order valence-corrected chi connectivity index (χ3v) is 2.10. The average Bonchev–Trinajstić information content (AvgIpc) is 2.42. The molecular formula is C12H13N3O3. The highest BCUT2D eigenvalue weighted by atomic mass is 16.6. The monoisotopic (exact) mass is 247 g/mol. The molecule has 0 aliphatic heterocycles. The van der Waals surface area contributed by atoms with Crippen LogP contribution in [0.5, 0.6) is 0 Å². The number of nitrogens with one attached hydrogen (secondary N) is 1. The van der Waals surface area contributed by atoms with Gasteiger partial charge in [0, 0.05) is 12.7 Å². The van der Waals surface area contributed by atoms with Crippen molar-refractivity contribution in [3.8, 4) is 6.07 Å². The second-order valence-corrected chi connectivity index (χ2v) is 3.26. The Morgan fingerprint density at radius 3 is 2.61 bits per heavy atom. The third kappa shape index (κ3) is 3.88. The van der Waals surface area contributed by atoms with Gasteiger partial charge < -0.3 is 14.9 Å². The fraction of sp³-hybridized carbons (Fsp3) is 0.250. The summed E-state index contributed by atoms with van der Waals surface area (Å²) in [6.07, 6.45) is 0.571. The molecule has 0 aliphatic rings. The number of oxime groups is 1. The second-order valence-electron chi connectivity index (χ2n) is 3.26. The second kappa shape index (κ2) is 7.04. The molecule has 6 heteroatoms. The van der Waals surface area contributed by atoms with Crippen molar-refractivity contribution in [1.82, 2.24) is 5.32 Å². The SMILES string of the molecule is CON=Cc1ccc(C(=O)NC(C#N)OC)cc1. The Bertz CT molecular complexity index is 462. The highest BCUT2D eigenvalue weighted by molar-refractivity contribution is 5.95. The van der Waals surface area contributed by atoms with E-state index in [9.17, 15) is 4.79 Å². The zero-order valence-electron chi connectivity index (χ0n) is 10.1. The van der Waals surface area contributed by atoms with Crippen molar-refractivity contribution < 1.29 is 14.4 Å². The summed E-state index contributed by atoms with van der Waals surface area (Å²) < 4.78 is 4.74. The van der Waals surface area contributed by atoms with E-state index in [0.29, 0.717) is 5.56 Å². The van der Waals surface area contributed by atoms with Gasteiger partial charge in [-0.15, -0.1) is 0 Å². The van der Waals surface area contributed by atoms with Crippen LogP contribution in [-0.4, -0.2) is 32.6 Å². The smallest absolute Gasteiger partial charge is 0.254 e. The summed E-state index contributed by atoms with van der Waals surface area (Å²) in [6, 6.07) is 8.47. The minimum absolute atomic E-state index is 0.376. The molecule has 0 fully saturated rings. The van der Waals surface area contributed by atoms with Crippen molar-refractivity contribution in [1.29, 1.82) is 5.26 Å². The van der Waals surface area contributed by atoms with E-state index >= 15 is 0 Å². The van der Waals surface area contributed by atoms with Crippen LogP contribution in [0.1, 0.15) is 15.9 Å². The number of nitriles is 1. The minimum Gasteiger partial charge on any atom is -0.399 e. The number of carbonyl (C=O) groups is 1. The van der Waals surface area contributed by atoms with Crippen LogP contribution in [0.15, 0.2) is 29.4 Å². The molecule has 0 aliphatic carbocycles. The van der Waals surface area contributed by atoms with Crippen molar-refractivity contribution in [2.24, 2.45) is 5.16 Å². The van der Waals surface area contributed by atoms with Gasteiger partial charge in [0.25, 0.3) is 5.91 Å². The van der Waals surface area contributed by atoms with Crippen LogP contribution in [0.4, 0.5) is 0 Å². The maximum atomic E-state index is 11.7. The molecule has 0 bridgehead atoms. The molecule has 0 saturated heterocycles. The molecule has 0 saturated carbocycles. The largest absolute Gasteiger partial charge is 0.399 e. The van der Waals surface area contributed by atoms with Gasteiger partial charge in [-0.1, -0.05) is 17.3 Å². The lowest BCUT2D eigenvalue weighted by Gasteiger charge is -2.09. The van der Waals surface area contributed by atoms with Gasteiger partial charge in [-0.25, -0.2) is 0 Å². The zero-order valence-corrected chi connectivity index (χ0v) is 10.1. The van der Waals surface area contributed by atoms with Gasteiger partial charge in [0.05, 0.1) is 6.21 Å². The maximum absolute atomic E-state index is 11.7. The Labute approximate surface area is 105 Å². The van der Waals surface area contributed by atoms with Crippen molar-refractivity contribution in [2.75, 3.05) is 14.2 Å². The number of hydrogen-bond acceptors (Lipinski definition) is 5. The van der Waals surface area contributed by atoms with Crippen LogP contribution >= 0.6 is 0 Å². The van der Waals surface area contributed by atoms with Crippen LogP contribution in [-0.2, 0) is 9.57 Å². The van der Waals surface area contributed by atoms with E-state index < -0.39 is 6.23 Å². The first-order valence-electron chi connectivity index (χ1n) is 5.11. The van der Waals surface area contributed by atoms with Crippen LogP contribution in [0.25, 0.3) is 0 Å². The number of benzene rings is 1. The molecule has 1 N–H and O–H groups in total. The number of rotatable bonds is 5. The Balaban J connectivity index is 2.70. The number of hydrogen-bond donors (Lipinski definition) is 1. The Hall–Kier alpha value is -2.39. The zero-order chi connectivity index (χ0) is 13.4. The molecule has 94 valence electrons. The lowest BCUT2D eigenvalue weighted by atomic mass is 10.1. The van der Waals surface area contributed by atoms with Crippen molar-refractivity contribution >= 4 is 12.1 Å². The number of nitrogens with zero attached hydrogens (tertiary/aromatic N) is 2. The van der Waals surface area contributed by atoms with Crippen LogP contribution < -0.4 is 5.32 Å². The van der Waals surface area contributed by atoms with Crippen molar-refractivity contribution in [2.45, 2.75) is 6.23 Å². The van der Waals surface area contributed by atoms with Crippen LogP contribution in [0.3, 0.4) is 0 Å². The number of amides is 1. The fourth-order valence-electron chi connectivity index (χ4n) is 1.18. The molecule has 0 spiro atoms. The van der Waals surface area contributed by atoms with Crippen molar-refractivity contribution in [3.63, 3.8) is 0 Å². The first-order valence-corrected chi connectivity index (χ1v) is 5.11. The summed E-state index contributed by atoms with van der Waals surface area (Å²) in [5.74, 6) is -0.376. The molecule has 1 atom stereocenters. The Morgan fingerprint density at radius 2 is 2.11 bits per heavy atom. The summed E-state index contributed by atoms with van der Waals surface area (Å²) >= 11 is 0. The molecule has 1 aromatic carbocycles. The van der Waals surface area contributed by atoms with E-state index in [1.807, 2.05) is 0 Å². The minimum atomic E-state index is -0.952. The van der Waals surface area contributed by atoms with Gasteiger partial charge in [-0.2, -0.15) is 5.26 Å². The molecule has 0 aromatic heterocycles. The van der Waals surface area contributed by atoms with E-state index in [1.54, 1.807) is 30.3 Å². The van der Waals surface area contributed by atoms with Gasteiger partial charge in [0.15, 0.2) is 0 Å². The number of ether oxygens (including phenoxy) is 1. The molecule has 1 rings (SSSR count). The lowest BCUT2D eigenvalue weighted by molar-refractivity contribution is 0.0764. The predicted octanol–water partition coefficient (Wildman–Crippen LogP) is 0.893. The first kappa shape index (κ1) is 13.7. The van der Waals surface area contributed by atoms with Gasteiger partial charge in [0.2, 0.25) is 6.23 Å². The average molecular weight is 247 g/mol.